The number of methoxy groups -OCH3 is 1. The number of fused-ring (bicyclic) bond motifs is 1. The molecule has 0 radical (unpaired) electrons. The van der Waals surface area contributed by atoms with Crippen LogP contribution in [0.5, 0.6) is 5.75 Å². The number of nitrogens with two attached hydrogens (primary N) is 1. The van der Waals surface area contributed by atoms with Crippen LogP contribution >= 0.6 is 0 Å². The molecule has 0 spiro atoms. The smallest absolute Gasteiger partial charge is 0.258 e. The summed E-state index contributed by atoms with van der Waals surface area (Å²) in [5.74, 6) is 0.544. The van der Waals surface area contributed by atoms with Gasteiger partial charge in [-0.25, -0.2) is 0 Å². The lowest BCUT2D eigenvalue weighted by atomic mass is 9.95. The van der Waals surface area contributed by atoms with Gasteiger partial charge in [0.05, 0.1) is 24.1 Å². The van der Waals surface area contributed by atoms with Crippen molar-refractivity contribution in [1.29, 1.82) is 0 Å². The molecule has 0 aromatic heterocycles. The number of hydrogen-bond donors (Lipinski definition) is 3. The molecule has 4 rings (SSSR count). The SMILES string of the molecule is COc1ccc2c(c1)NC(=O)/C2=C(\Nc1cccc(C(C)(C)N)c1)c1ccccc1. The molecule has 1 aliphatic heterocycles. The van der Waals surface area contributed by atoms with Gasteiger partial charge in [-0.15, -0.1) is 0 Å². The summed E-state index contributed by atoms with van der Waals surface area (Å²) >= 11 is 0. The molecule has 1 heterocycles. The molecule has 0 atom stereocenters. The first-order chi connectivity index (χ1) is 14.4. The van der Waals surface area contributed by atoms with E-state index in [0.29, 0.717) is 11.3 Å². The lowest BCUT2D eigenvalue weighted by Gasteiger charge is -2.21. The maximum absolute atomic E-state index is 13.0. The first-order valence-electron chi connectivity index (χ1n) is 9.83. The Hall–Kier alpha value is -3.57. The predicted molar refractivity (Wildman–Crippen MR) is 122 cm³/mol. The molecule has 5 nitrogen and oxygen atoms in total. The number of benzene rings is 3. The summed E-state index contributed by atoms with van der Waals surface area (Å²) < 4.78 is 5.30. The van der Waals surface area contributed by atoms with Gasteiger partial charge < -0.3 is 21.1 Å². The Balaban J connectivity index is 1.86. The summed E-state index contributed by atoms with van der Waals surface area (Å²) in [6.07, 6.45) is 0. The van der Waals surface area contributed by atoms with Crippen LogP contribution < -0.4 is 21.1 Å². The van der Waals surface area contributed by atoms with Gasteiger partial charge in [-0.3, -0.25) is 4.79 Å². The molecule has 152 valence electrons. The van der Waals surface area contributed by atoms with E-state index in [-0.39, 0.29) is 5.91 Å². The fraction of sp³-hybridized carbons (Fsp3) is 0.160. The molecule has 3 aromatic carbocycles. The van der Waals surface area contributed by atoms with E-state index < -0.39 is 5.54 Å². The van der Waals surface area contributed by atoms with Crippen LogP contribution in [0.4, 0.5) is 11.4 Å². The Kier molecular flexibility index (Phi) is 5.06. The third-order valence-corrected chi connectivity index (χ3v) is 5.16. The van der Waals surface area contributed by atoms with Crippen molar-refractivity contribution in [2.45, 2.75) is 19.4 Å². The van der Waals surface area contributed by atoms with E-state index in [0.717, 1.165) is 33.8 Å². The molecule has 1 aliphatic rings. The third-order valence-electron chi connectivity index (χ3n) is 5.16. The maximum atomic E-state index is 13.0. The van der Waals surface area contributed by atoms with Crippen molar-refractivity contribution in [2.75, 3.05) is 17.7 Å². The lowest BCUT2D eigenvalue weighted by Crippen LogP contribution is -2.28. The van der Waals surface area contributed by atoms with E-state index in [9.17, 15) is 4.79 Å². The molecule has 0 saturated heterocycles. The minimum absolute atomic E-state index is 0.153. The van der Waals surface area contributed by atoms with Crippen molar-refractivity contribution in [3.05, 3.63) is 89.5 Å². The zero-order valence-electron chi connectivity index (χ0n) is 17.3. The largest absolute Gasteiger partial charge is 0.497 e. The van der Waals surface area contributed by atoms with Crippen LogP contribution in [0.3, 0.4) is 0 Å². The Morgan fingerprint density at radius 2 is 1.77 bits per heavy atom. The lowest BCUT2D eigenvalue weighted by molar-refractivity contribution is -0.110. The molecule has 5 heteroatoms. The molecule has 0 aliphatic carbocycles. The van der Waals surface area contributed by atoms with Crippen LogP contribution in [0.15, 0.2) is 72.8 Å². The molecule has 0 unspecified atom stereocenters. The van der Waals surface area contributed by atoms with Crippen LogP contribution in [0.25, 0.3) is 11.3 Å². The summed E-state index contributed by atoms with van der Waals surface area (Å²) in [5.41, 5.74) is 11.5. The highest BCUT2D eigenvalue weighted by Gasteiger charge is 2.29. The van der Waals surface area contributed by atoms with Crippen LogP contribution in [0, 0.1) is 0 Å². The first kappa shape index (κ1) is 19.7. The summed E-state index contributed by atoms with van der Waals surface area (Å²) in [6.45, 7) is 3.94. The Bertz CT molecular complexity index is 1130. The number of rotatable bonds is 5. The van der Waals surface area contributed by atoms with E-state index in [1.165, 1.54) is 0 Å². The van der Waals surface area contributed by atoms with E-state index in [1.807, 2.05) is 86.6 Å². The van der Waals surface area contributed by atoms with Crippen molar-refractivity contribution >= 4 is 28.6 Å². The molecule has 0 bridgehead atoms. The standard InChI is InChI=1S/C25H25N3O2/c1-25(2,26)17-10-7-11-18(14-17)27-23(16-8-5-4-6-9-16)22-20-13-12-19(30-3)15-21(20)28-24(22)29/h4-15,27H,26H2,1-3H3,(H,28,29)/b23-22-. The third kappa shape index (κ3) is 3.80. The fourth-order valence-electron chi connectivity index (χ4n) is 3.55. The van der Waals surface area contributed by atoms with Crippen molar-refractivity contribution in [1.82, 2.24) is 0 Å². The highest BCUT2D eigenvalue weighted by molar-refractivity contribution is 6.37. The normalized spacial score (nSPS) is 14.7. The van der Waals surface area contributed by atoms with Crippen LogP contribution in [0.1, 0.15) is 30.5 Å². The van der Waals surface area contributed by atoms with Gasteiger partial charge in [-0.05, 0) is 49.2 Å². The predicted octanol–water partition coefficient (Wildman–Crippen LogP) is 4.82. The van der Waals surface area contributed by atoms with Gasteiger partial charge >= 0.3 is 0 Å². The first-order valence-corrected chi connectivity index (χ1v) is 9.83. The van der Waals surface area contributed by atoms with Crippen LogP contribution in [0.2, 0.25) is 0 Å². The van der Waals surface area contributed by atoms with Crippen LogP contribution in [-0.2, 0) is 10.3 Å². The van der Waals surface area contributed by atoms with Gasteiger partial charge in [-0.2, -0.15) is 0 Å². The van der Waals surface area contributed by atoms with Crippen molar-refractivity contribution in [2.24, 2.45) is 5.73 Å². The number of carbonyl (C=O) groups excluding carboxylic acids is 1. The van der Waals surface area contributed by atoms with Gasteiger partial charge in [0.1, 0.15) is 5.75 Å². The second-order valence-electron chi connectivity index (χ2n) is 7.91. The summed E-state index contributed by atoms with van der Waals surface area (Å²) in [6, 6.07) is 23.4. The van der Waals surface area contributed by atoms with Crippen LogP contribution in [-0.4, -0.2) is 13.0 Å². The minimum Gasteiger partial charge on any atom is -0.497 e. The number of hydrogen-bond acceptors (Lipinski definition) is 4. The van der Waals surface area contributed by atoms with Gasteiger partial charge in [0, 0.05) is 22.9 Å². The van der Waals surface area contributed by atoms with E-state index in [1.54, 1.807) is 7.11 Å². The number of anilines is 2. The fourth-order valence-corrected chi connectivity index (χ4v) is 3.55. The summed E-state index contributed by atoms with van der Waals surface area (Å²) in [4.78, 5) is 13.0. The number of ether oxygens (including phenoxy) is 1. The second kappa shape index (κ2) is 7.69. The molecule has 4 N–H and O–H groups in total. The molecule has 0 fully saturated rings. The molecule has 30 heavy (non-hydrogen) atoms. The van der Waals surface area contributed by atoms with Crippen molar-refractivity contribution < 1.29 is 9.53 Å². The Morgan fingerprint density at radius 1 is 1.00 bits per heavy atom. The highest BCUT2D eigenvalue weighted by Crippen LogP contribution is 2.39. The number of amides is 1. The summed E-state index contributed by atoms with van der Waals surface area (Å²) in [5, 5.41) is 6.44. The summed E-state index contributed by atoms with van der Waals surface area (Å²) in [7, 11) is 1.61. The molecular formula is C25H25N3O2. The Morgan fingerprint density at radius 3 is 2.47 bits per heavy atom. The van der Waals surface area contributed by atoms with Gasteiger partial charge in [0.2, 0.25) is 0 Å². The quantitative estimate of drug-likeness (QED) is 0.538. The topological polar surface area (TPSA) is 76.4 Å². The molecule has 3 aromatic rings. The van der Waals surface area contributed by atoms with E-state index >= 15 is 0 Å². The monoisotopic (exact) mass is 399 g/mol. The highest BCUT2D eigenvalue weighted by atomic mass is 16.5. The van der Waals surface area contributed by atoms with Gasteiger partial charge in [0.15, 0.2) is 0 Å². The molecular weight excluding hydrogens is 374 g/mol. The van der Waals surface area contributed by atoms with Crippen molar-refractivity contribution in [3.63, 3.8) is 0 Å². The van der Waals surface area contributed by atoms with Gasteiger partial charge in [0.25, 0.3) is 5.91 Å². The van der Waals surface area contributed by atoms with E-state index in [4.69, 9.17) is 10.5 Å². The zero-order chi connectivity index (χ0) is 21.3. The minimum atomic E-state index is -0.467. The average molecular weight is 399 g/mol. The van der Waals surface area contributed by atoms with Crippen molar-refractivity contribution in [3.8, 4) is 5.75 Å². The Labute approximate surface area is 176 Å². The molecule has 0 saturated carbocycles. The number of nitrogens with one attached hydrogen (secondary N) is 2. The van der Waals surface area contributed by atoms with Gasteiger partial charge in [-0.1, -0.05) is 42.5 Å². The average Bonchev–Trinajstić information content (AvgIpc) is 3.07. The number of carbonyl (C=O) groups is 1. The zero-order valence-corrected chi connectivity index (χ0v) is 17.3. The second-order valence-corrected chi connectivity index (χ2v) is 7.91. The maximum Gasteiger partial charge on any atom is 0.258 e. The molecule has 1 amide bonds. The van der Waals surface area contributed by atoms with E-state index in [2.05, 4.69) is 10.6 Å².